The highest BCUT2D eigenvalue weighted by Crippen LogP contribution is 2.40. The maximum Gasteiger partial charge on any atom is 0.387 e. The van der Waals surface area contributed by atoms with Crippen LogP contribution in [0.2, 0.25) is 0 Å². The van der Waals surface area contributed by atoms with E-state index in [-0.39, 0.29) is 22.6 Å². The van der Waals surface area contributed by atoms with E-state index in [1.165, 1.54) is 19.2 Å². The van der Waals surface area contributed by atoms with E-state index in [0.717, 1.165) is 16.8 Å². The summed E-state index contributed by atoms with van der Waals surface area (Å²) in [5, 5.41) is 18.5. The molecule has 1 N–H and O–H groups in total. The number of aryl methyl sites for hydroxylation is 1. The molecule has 0 atom stereocenters. The molecule has 2 aromatic carbocycles. The first-order valence-electron chi connectivity index (χ1n) is 10.0. The zero-order chi connectivity index (χ0) is 23.7. The minimum atomic E-state index is -3.00. The summed E-state index contributed by atoms with van der Waals surface area (Å²) < 4.78 is 47.8. The number of nitriles is 1. The lowest BCUT2D eigenvalue weighted by Crippen LogP contribution is -2.28. The molecule has 0 unspecified atom stereocenters. The molecular formula is C24H21F2N3O4. The number of fused-ring (bicyclic) bond motifs is 3. The van der Waals surface area contributed by atoms with Crippen LogP contribution in [0, 0.1) is 16.7 Å². The molecule has 4 rings (SSSR count). The number of aromatic nitrogens is 1. The fraction of sp³-hybridized carbons (Fsp3) is 0.250. The van der Waals surface area contributed by atoms with Gasteiger partial charge in [0.2, 0.25) is 0 Å². The van der Waals surface area contributed by atoms with Crippen LogP contribution in [-0.4, -0.2) is 32.5 Å². The van der Waals surface area contributed by atoms with Crippen LogP contribution in [0.4, 0.5) is 8.78 Å². The van der Waals surface area contributed by atoms with Crippen LogP contribution in [0.25, 0.3) is 22.4 Å². The average molecular weight is 453 g/mol. The van der Waals surface area contributed by atoms with Crippen molar-refractivity contribution in [1.82, 2.24) is 4.57 Å². The smallest absolute Gasteiger partial charge is 0.387 e. The number of nitrogens with zero attached hydrogens (tertiary/aromatic N) is 2. The Morgan fingerprint density at radius 3 is 2.24 bits per heavy atom. The van der Waals surface area contributed by atoms with Crippen LogP contribution in [-0.2, 0) is 13.0 Å². The predicted molar refractivity (Wildman–Crippen MR) is 116 cm³/mol. The number of rotatable bonds is 6. The van der Waals surface area contributed by atoms with Crippen molar-refractivity contribution in [3.63, 3.8) is 0 Å². The first kappa shape index (κ1) is 22.1. The Hall–Kier alpha value is -4.06. The molecule has 7 nitrogen and oxygen atoms in total. The van der Waals surface area contributed by atoms with Gasteiger partial charge in [-0.05, 0) is 47.9 Å². The van der Waals surface area contributed by atoms with Crippen molar-refractivity contribution in [2.45, 2.75) is 19.6 Å². The normalized spacial score (nSPS) is 11.9. The molecule has 1 aliphatic heterocycles. The molecule has 33 heavy (non-hydrogen) atoms. The number of methoxy groups -OCH3 is 3. The first-order valence-corrected chi connectivity index (χ1v) is 10.0. The van der Waals surface area contributed by atoms with Crippen LogP contribution in [0.15, 0.2) is 36.4 Å². The molecule has 0 saturated carbocycles. The maximum absolute atomic E-state index is 12.7. The van der Waals surface area contributed by atoms with Gasteiger partial charge in [0, 0.05) is 17.7 Å². The van der Waals surface area contributed by atoms with Crippen LogP contribution in [0.5, 0.6) is 23.0 Å². The number of halogens is 2. The number of hydrogen-bond donors (Lipinski definition) is 1. The van der Waals surface area contributed by atoms with Gasteiger partial charge in [0.05, 0.1) is 27.0 Å². The predicted octanol–water partition coefficient (Wildman–Crippen LogP) is 4.36. The Balaban J connectivity index is 1.94. The highest BCUT2D eigenvalue weighted by atomic mass is 19.3. The molecule has 3 aromatic rings. The SMILES string of the molecule is COc1cc2c(cc1OC)-c1cc(-c3ccc(OC(F)F)c(OC)c3)c(C#N)c(=N)n1CC2. The molecule has 0 aliphatic carbocycles. The fourth-order valence-electron chi connectivity index (χ4n) is 4.09. The van der Waals surface area contributed by atoms with Gasteiger partial charge in [-0.3, -0.25) is 5.41 Å². The number of ether oxygens (including phenoxy) is 4. The van der Waals surface area contributed by atoms with Gasteiger partial charge in [-0.2, -0.15) is 14.0 Å². The summed E-state index contributed by atoms with van der Waals surface area (Å²) >= 11 is 0. The molecule has 0 spiro atoms. The van der Waals surface area contributed by atoms with E-state index in [1.54, 1.807) is 24.9 Å². The Labute approximate surface area is 188 Å². The van der Waals surface area contributed by atoms with Crippen LogP contribution in [0.1, 0.15) is 11.1 Å². The largest absolute Gasteiger partial charge is 0.493 e. The second kappa shape index (κ2) is 8.82. The van der Waals surface area contributed by atoms with E-state index in [2.05, 4.69) is 10.8 Å². The van der Waals surface area contributed by atoms with E-state index >= 15 is 0 Å². The Kier molecular flexibility index (Phi) is 5.92. The van der Waals surface area contributed by atoms with Crippen LogP contribution < -0.4 is 24.4 Å². The maximum atomic E-state index is 12.7. The minimum absolute atomic E-state index is 0.0670. The topological polar surface area (TPSA) is 89.5 Å². The summed E-state index contributed by atoms with van der Waals surface area (Å²) in [4.78, 5) is 0. The molecule has 1 aromatic heterocycles. The molecule has 0 saturated heterocycles. The van der Waals surface area contributed by atoms with Crippen molar-refractivity contribution in [3.8, 4) is 51.5 Å². The highest BCUT2D eigenvalue weighted by Gasteiger charge is 2.23. The van der Waals surface area contributed by atoms with Crippen LogP contribution >= 0.6 is 0 Å². The summed E-state index contributed by atoms with van der Waals surface area (Å²) in [5.41, 5.74) is 3.89. The quantitative estimate of drug-likeness (QED) is 0.599. The van der Waals surface area contributed by atoms with Crippen molar-refractivity contribution in [2.24, 2.45) is 0 Å². The van der Waals surface area contributed by atoms with Gasteiger partial charge in [0.25, 0.3) is 0 Å². The van der Waals surface area contributed by atoms with Gasteiger partial charge in [0.1, 0.15) is 17.1 Å². The third-order valence-corrected chi connectivity index (χ3v) is 5.64. The second-order valence-corrected chi connectivity index (χ2v) is 7.29. The van der Waals surface area contributed by atoms with Gasteiger partial charge >= 0.3 is 6.61 Å². The molecule has 0 bridgehead atoms. The third-order valence-electron chi connectivity index (χ3n) is 5.64. The monoisotopic (exact) mass is 453 g/mol. The van der Waals surface area contributed by atoms with Gasteiger partial charge in [-0.25, -0.2) is 0 Å². The second-order valence-electron chi connectivity index (χ2n) is 7.29. The van der Waals surface area contributed by atoms with Crippen LogP contribution in [0.3, 0.4) is 0 Å². The lowest BCUT2D eigenvalue weighted by Gasteiger charge is -2.25. The van der Waals surface area contributed by atoms with E-state index in [4.69, 9.17) is 19.6 Å². The van der Waals surface area contributed by atoms with E-state index in [9.17, 15) is 14.0 Å². The van der Waals surface area contributed by atoms with E-state index in [1.807, 2.05) is 18.2 Å². The Morgan fingerprint density at radius 1 is 0.939 bits per heavy atom. The zero-order valence-corrected chi connectivity index (χ0v) is 18.2. The zero-order valence-electron chi connectivity index (χ0n) is 18.2. The standard InChI is InChI=1S/C24H21F2N3O4/c1-30-20-8-13(4-5-19(20)33-24(25)26)15-10-18-16-11-22(32-3)21(31-2)9-14(16)6-7-29(18)23(28)17(15)12-27/h4-5,8-11,24,28H,6-7H2,1-3H3. The summed E-state index contributed by atoms with van der Waals surface area (Å²) in [6, 6.07) is 12.1. The molecule has 1 aliphatic rings. The summed E-state index contributed by atoms with van der Waals surface area (Å²) in [6.45, 7) is -2.47. The number of nitrogens with one attached hydrogen (secondary N) is 1. The summed E-state index contributed by atoms with van der Waals surface area (Å²) in [5.74, 6) is 1.15. The Bertz CT molecular complexity index is 1330. The molecule has 0 radical (unpaired) electrons. The number of hydrogen-bond acceptors (Lipinski definition) is 6. The number of pyridine rings is 1. The molecule has 9 heteroatoms. The average Bonchev–Trinajstić information content (AvgIpc) is 2.82. The molecular weight excluding hydrogens is 432 g/mol. The number of alkyl halides is 2. The van der Waals surface area contributed by atoms with Crippen molar-refractivity contribution in [3.05, 3.63) is 53.0 Å². The minimum Gasteiger partial charge on any atom is -0.493 e. The fourth-order valence-corrected chi connectivity index (χ4v) is 4.09. The lowest BCUT2D eigenvalue weighted by atomic mass is 9.92. The molecule has 170 valence electrons. The van der Waals surface area contributed by atoms with Gasteiger partial charge in [-0.15, -0.1) is 0 Å². The van der Waals surface area contributed by atoms with Crippen molar-refractivity contribution in [2.75, 3.05) is 21.3 Å². The van der Waals surface area contributed by atoms with Crippen molar-refractivity contribution in [1.29, 1.82) is 10.7 Å². The highest BCUT2D eigenvalue weighted by molar-refractivity contribution is 5.79. The Morgan fingerprint density at radius 2 is 1.61 bits per heavy atom. The summed E-state index contributed by atoms with van der Waals surface area (Å²) in [6.07, 6.45) is 0.664. The molecule has 2 heterocycles. The summed E-state index contributed by atoms with van der Waals surface area (Å²) in [7, 11) is 4.47. The van der Waals surface area contributed by atoms with E-state index in [0.29, 0.717) is 35.6 Å². The van der Waals surface area contributed by atoms with Crippen molar-refractivity contribution >= 4 is 0 Å². The molecule has 0 fully saturated rings. The first-order chi connectivity index (χ1) is 15.9. The van der Waals surface area contributed by atoms with Gasteiger partial charge in [0.15, 0.2) is 23.0 Å². The van der Waals surface area contributed by atoms with Gasteiger partial charge < -0.3 is 23.5 Å². The van der Waals surface area contributed by atoms with E-state index < -0.39 is 6.61 Å². The third kappa shape index (κ3) is 3.84. The number of benzene rings is 2. The lowest BCUT2D eigenvalue weighted by molar-refractivity contribution is -0.0512. The van der Waals surface area contributed by atoms with Crippen molar-refractivity contribution < 1.29 is 27.7 Å². The van der Waals surface area contributed by atoms with Gasteiger partial charge in [-0.1, -0.05) is 6.07 Å². The molecule has 0 amide bonds.